The average Bonchev–Trinajstić information content (AvgIpc) is 2.75. The molecule has 0 bridgehead atoms. The maximum Gasteiger partial charge on any atom is 0.337 e. The van der Waals surface area contributed by atoms with Gasteiger partial charge in [0.05, 0.1) is 29.2 Å². The van der Waals surface area contributed by atoms with Crippen LogP contribution in [-0.4, -0.2) is 47.5 Å². The number of sulfone groups is 1. The molecular weight excluding hydrogens is 354 g/mol. The third-order valence-corrected chi connectivity index (χ3v) is 6.97. The molecule has 1 N–H and O–H groups in total. The number of methoxy groups -OCH3 is 1. The normalized spacial score (nSPS) is 20.7. The zero-order chi connectivity index (χ0) is 16.5. The van der Waals surface area contributed by atoms with Crippen molar-refractivity contribution >= 4 is 37.4 Å². The van der Waals surface area contributed by atoms with Crippen molar-refractivity contribution < 1.29 is 26.4 Å². The summed E-state index contributed by atoms with van der Waals surface area (Å²) in [4.78, 5) is 11.1. The number of hydrogen-bond donors (Lipinski definition) is 1. The molecule has 0 aromatic heterocycles. The Labute approximate surface area is 133 Å². The van der Waals surface area contributed by atoms with Gasteiger partial charge in [0.1, 0.15) is 4.90 Å². The highest BCUT2D eigenvalue weighted by Gasteiger charge is 2.32. The van der Waals surface area contributed by atoms with E-state index in [-0.39, 0.29) is 33.4 Å². The maximum atomic E-state index is 12.3. The zero-order valence-electron chi connectivity index (χ0n) is 11.6. The first kappa shape index (κ1) is 17.2. The van der Waals surface area contributed by atoms with Crippen LogP contribution in [0, 0.1) is 0 Å². The molecule has 0 radical (unpaired) electrons. The van der Waals surface area contributed by atoms with Gasteiger partial charge in [-0.2, -0.15) is 0 Å². The fraction of sp³-hybridized carbons (Fsp3) is 0.417. The average molecular weight is 368 g/mol. The third kappa shape index (κ3) is 3.78. The molecule has 0 aliphatic carbocycles. The summed E-state index contributed by atoms with van der Waals surface area (Å²) in [5.41, 5.74) is 0.120. The summed E-state index contributed by atoms with van der Waals surface area (Å²) in [6, 6.07) is 2.97. The lowest BCUT2D eigenvalue weighted by Gasteiger charge is -2.13. The van der Waals surface area contributed by atoms with E-state index in [1.54, 1.807) is 0 Å². The second-order valence-corrected chi connectivity index (χ2v) is 9.18. The van der Waals surface area contributed by atoms with Crippen molar-refractivity contribution in [3.05, 3.63) is 28.8 Å². The Morgan fingerprint density at radius 3 is 2.59 bits per heavy atom. The number of rotatable bonds is 4. The lowest BCUT2D eigenvalue weighted by Crippen LogP contribution is -2.35. The number of hydrogen-bond acceptors (Lipinski definition) is 6. The van der Waals surface area contributed by atoms with E-state index in [9.17, 15) is 21.6 Å². The molecule has 0 saturated carbocycles. The predicted molar refractivity (Wildman–Crippen MR) is 80.2 cm³/mol. The molecule has 7 nitrogen and oxygen atoms in total. The van der Waals surface area contributed by atoms with Crippen LogP contribution in [-0.2, 0) is 24.6 Å². The maximum absolute atomic E-state index is 12.3. The number of ether oxygens (including phenoxy) is 1. The van der Waals surface area contributed by atoms with E-state index >= 15 is 0 Å². The minimum absolute atomic E-state index is 0.0464. The molecule has 22 heavy (non-hydrogen) atoms. The van der Waals surface area contributed by atoms with Crippen molar-refractivity contribution in [3.8, 4) is 0 Å². The molecule has 1 atom stereocenters. The summed E-state index contributed by atoms with van der Waals surface area (Å²) >= 11 is 5.91. The van der Waals surface area contributed by atoms with Crippen LogP contribution in [0.15, 0.2) is 23.1 Å². The summed E-state index contributed by atoms with van der Waals surface area (Å²) in [6.07, 6.45) is 0.222. The van der Waals surface area contributed by atoms with Gasteiger partial charge in [0.15, 0.2) is 9.84 Å². The lowest BCUT2D eigenvalue weighted by molar-refractivity contribution is 0.0600. The summed E-state index contributed by atoms with van der Waals surface area (Å²) in [7, 11) is -5.98. The van der Waals surface area contributed by atoms with Crippen molar-refractivity contribution in [2.75, 3.05) is 18.6 Å². The Balaban J connectivity index is 2.25. The molecule has 1 aliphatic rings. The Hall–Kier alpha value is -1.16. The lowest BCUT2D eigenvalue weighted by atomic mass is 10.2. The second kappa shape index (κ2) is 6.15. The van der Waals surface area contributed by atoms with Crippen LogP contribution in [0.5, 0.6) is 0 Å². The Morgan fingerprint density at radius 1 is 1.41 bits per heavy atom. The first-order valence-electron chi connectivity index (χ1n) is 6.25. The number of sulfonamides is 1. The molecule has 1 aliphatic heterocycles. The van der Waals surface area contributed by atoms with Gasteiger partial charge in [-0.3, -0.25) is 0 Å². The summed E-state index contributed by atoms with van der Waals surface area (Å²) in [5, 5.41) is -0.142. The van der Waals surface area contributed by atoms with Crippen LogP contribution in [0.25, 0.3) is 0 Å². The molecule has 0 spiro atoms. The second-order valence-electron chi connectivity index (χ2n) is 4.86. The Kier molecular flexibility index (Phi) is 4.81. The van der Waals surface area contributed by atoms with Gasteiger partial charge >= 0.3 is 5.97 Å². The molecule has 2 rings (SSSR count). The summed E-state index contributed by atoms with van der Waals surface area (Å²) in [5.74, 6) is -0.917. The fourth-order valence-corrected chi connectivity index (χ4v) is 5.73. The summed E-state index contributed by atoms with van der Waals surface area (Å²) < 4.78 is 54.1. The number of nitrogens with one attached hydrogen (secondary N) is 1. The van der Waals surface area contributed by atoms with Gasteiger partial charge in [-0.1, -0.05) is 11.6 Å². The standard InChI is InChI=1S/C12H14ClNO6S2/c1-20-12(15)8-2-3-11(10(13)6-8)22(18,19)14-9-4-5-21(16,17)7-9/h2-3,6,9,14H,4-5,7H2,1H3/t9-/m0/s1. The highest BCUT2D eigenvalue weighted by Crippen LogP contribution is 2.24. The first-order valence-corrected chi connectivity index (χ1v) is 9.93. The quantitative estimate of drug-likeness (QED) is 0.780. The number of halogens is 1. The fourth-order valence-electron chi connectivity index (χ4n) is 2.13. The van der Waals surface area contributed by atoms with Gasteiger partial charge in [0.25, 0.3) is 0 Å². The zero-order valence-corrected chi connectivity index (χ0v) is 14.0. The number of carbonyl (C=O) groups is 1. The van der Waals surface area contributed by atoms with Crippen molar-refractivity contribution in [3.63, 3.8) is 0 Å². The van der Waals surface area contributed by atoms with Crippen LogP contribution in [0.2, 0.25) is 5.02 Å². The Morgan fingerprint density at radius 2 is 2.09 bits per heavy atom. The van der Waals surface area contributed by atoms with E-state index in [0.29, 0.717) is 0 Å². The van der Waals surface area contributed by atoms with Crippen molar-refractivity contribution in [2.24, 2.45) is 0 Å². The van der Waals surface area contributed by atoms with E-state index in [2.05, 4.69) is 9.46 Å². The largest absolute Gasteiger partial charge is 0.465 e. The van der Waals surface area contributed by atoms with Crippen LogP contribution < -0.4 is 4.72 Å². The molecule has 1 aromatic carbocycles. The molecule has 0 amide bonds. The number of carbonyl (C=O) groups excluding carboxylic acids is 1. The van der Waals surface area contributed by atoms with Gasteiger partial charge in [0, 0.05) is 6.04 Å². The Bertz CT molecular complexity index is 803. The van der Waals surface area contributed by atoms with Crippen LogP contribution in [0.4, 0.5) is 0 Å². The van der Waals surface area contributed by atoms with Gasteiger partial charge in [0.2, 0.25) is 10.0 Å². The third-order valence-electron chi connectivity index (χ3n) is 3.20. The molecule has 1 saturated heterocycles. The van der Waals surface area contributed by atoms with Crippen molar-refractivity contribution in [2.45, 2.75) is 17.4 Å². The highest BCUT2D eigenvalue weighted by atomic mass is 35.5. The molecule has 122 valence electrons. The predicted octanol–water partition coefficient (Wildman–Crippen LogP) is 0.592. The highest BCUT2D eigenvalue weighted by molar-refractivity contribution is 7.92. The number of benzene rings is 1. The van der Waals surface area contributed by atoms with Crippen LogP contribution in [0.1, 0.15) is 16.8 Å². The van der Waals surface area contributed by atoms with E-state index < -0.39 is 31.9 Å². The first-order chi connectivity index (χ1) is 10.1. The van der Waals surface area contributed by atoms with Gasteiger partial charge in [-0.15, -0.1) is 0 Å². The van der Waals surface area contributed by atoms with Gasteiger partial charge < -0.3 is 4.74 Å². The molecular formula is C12H14ClNO6S2. The van der Waals surface area contributed by atoms with E-state index in [4.69, 9.17) is 11.6 Å². The smallest absolute Gasteiger partial charge is 0.337 e. The SMILES string of the molecule is COC(=O)c1ccc(S(=O)(=O)N[C@H]2CCS(=O)(=O)C2)c(Cl)c1. The summed E-state index contributed by atoms with van der Waals surface area (Å²) in [6.45, 7) is 0. The topological polar surface area (TPSA) is 107 Å². The number of esters is 1. The van der Waals surface area contributed by atoms with E-state index in [0.717, 1.165) is 0 Å². The van der Waals surface area contributed by atoms with Crippen molar-refractivity contribution in [1.82, 2.24) is 4.72 Å². The van der Waals surface area contributed by atoms with Crippen LogP contribution >= 0.6 is 11.6 Å². The van der Waals surface area contributed by atoms with E-state index in [1.807, 2.05) is 0 Å². The van der Waals surface area contributed by atoms with Gasteiger partial charge in [-0.05, 0) is 24.6 Å². The van der Waals surface area contributed by atoms with Gasteiger partial charge in [-0.25, -0.2) is 26.4 Å². The molecule has 1 heterocycles. The minimum Gasteiger partial charge on any atom is -0.465 e. The monoisotopic (exact) mass is 367 g/mol. The molecule has 10 heteroatoms. The molecule has 1 fully saturated rings. The molecule has 0 unspecified atom stereocenters. The minimum atomic E-state index is -3.97. The van der Waals surface area contributed by atoms with E-state index in [1.165, 1.54) is 25.3 Å². The van der Waals surface area contributed by atoms with Crippen molar-refractivity contribution in [1.29, 1.82) is 0 Å². The molecule has 1 aromatic rings. The van der Waals surface area contributed by atoms with Crippen LogP contribution in [0.3, 0.4) is 0 Å².